The lowest BCUT2D eigenvalue weighted by Crippen LogP contribution is -2.17. The Balaban J connectivity index is 1.88. The van der Waals surface area contributed by atoms with Gasteiger partial charge < -0.3 is 5.32 Å². The molecule has 1 unspecified atom stereocenters. The van der Waals surface area contributed by atoms with Crippen LogP contribution in [0.4, 0.5) is 5.69 Å². The minimum atomic E-state index is -2.92. The zero-order valence-corrected chi connectivity index (χ0v) is 11.3. The van der Waals surface area contributed by atoms with Gasteiger partial charge in [-0.2, -0.15) is 0 Å². The summed E-state index contributed by atoms with van der Waals surface area (Å²) >= 11 is 5.74. The van der Waals surface area contributed by atoms with Crippen molar-refractivity contribution < 1.29 is 13.2 Å². The molecule has 6 heteroatoms. The van der Waals surface area contributed by atoms with Gasteiger partial charge in [-0.25, -0.2) is 8.42 Å². The SMILES string of the molecule is O=C(CC1CCS(=O)(=O)C1)Nc1ccc(Cl)cc1. The van der Waals surface area contributed by atoms with E-state index in [4.69, 9.17) is 11.6 Å². The fourth-order valence-corrected chi connectivity index (χ4v) is 4.03. The largest absolute Gasteiger partial charge is 0.326 e. The van der Waals surface area contributed by atoms with Crippen LogP contribution in [-0.4, -0.2) is 25.8 Å². The van der Waals surface area contributed by atoms with Crippen molar-refractivity contribution in [2.75, 3.05) is 16.8 Å². The number of sulfone groups is 1. The predicted octanol–water partition coefficient (Wildman–Crippen LogP) is 2.10. The number of hydrogen-bond donors (Lipinski definition) is 1. The van der Waals surface area contributed by atoms with Crippen molar-refractivity contribution >= 4 is 33.0 Å². The number of carbonyl (C=O) groups is 1. The average Bonchev–Trinajstić information content (AvgIpc) is 2.61. The van der Waals surface area contributed by atoms with Gasteiger partial charge >= 0.3 is 0 Å². The minimum absolute atomic E-state index is 0.0534. The molecule has 0 aromatic heterocycles. The van der Waals surface area contributed by atoms with E-state index >= 15 is 0 Å². The van der Waals surface area contributed by atoms with Crippen molar-refractivity contribution in [1.29, 1.82) is 0 Å². The number of anilines is 1. The molecule has 2 rings (SSSR count). The van der Waals surface area contributed by atoms with Crippen LogP contribution >= 0.6 is 11.6 Å². The molecule has 1 aliphatic heterocycles. The van der Waals surface area contributed by atoms with Crippen molar-refractivity contribution in [3.05, 3.63) is 29.3 Å². The summed E-state index contributed by atoms with van der Waals surface area (Å²) < 4.78 is 22.5. The van der Waals surface area contributed by atoms with Crippen LogP contribution in [0.25, 0.3) is 0 Å². The minimum Gasteiger partial charge on any atom is -0.326 e. The summed E-state index contributed by atoms with van der Waals surface area (Å²) in [7, 11) is -2.92. The molecule has 0 aliphatic carbocycles. The molecule has 0 bridgehead atoms. The van der Waals surface area contributed by atoms with Gasteiger partial charge in [0.1, 0.15) is 0 Å². The Bertz CT molecular complexity index is 539. The first-order chi connectivity index (χ1) is 8.44. The van der Waals surface area contributed by atoms with Crippen LogP contribution in [0, 0.1) is 5.92 Å². The fraction of sp³-hybridized carbons (Fsp3) is 0.417. The number of amides is 1. The molecule has 1 heterocycles. The zero-order valence-electron chi connectivity index (χ0n) is 9.73. The lowest BCUT2D eigenvalue weighted by atomic mass is 10.1. The highest BCUT2D eigenvalue weighted by atomic mass is 35.5. The molecule has 4 nitrogen and oxygen atoms in total. The zero-order chi connectivity index (χ0) is 13.2. The van der Waals surface area contributed by atoms with E-state index in [0.717, 1.165) is 0 Å². The summed E-state index contributed by atoms with van der Waals surface area (Å²) in [6.07, 6.45) is 0.832. The summed E-state index contributed by atoms with van der Waals surface area (Å²) in [6, 6.07) is 6.81. The van der Waals surface area contributed by atoms with E-state index in [-0.39, 0.29) is 29.8 Å². The topological polar surface area (TPSA) is 63.2 Å². The summed E-state index contributed by atoms with van der Waals surface area (Å²) in [4.78, 5) is 11.7. The Morgan fingerprint density at radius 2 is 2.00 bits per heavy atom. The molecule has 1 saturated heterocycles. The third-order valence-corrected chi connectivity index (χ3v) is 5.02. The van der Waals surface area contributed by atoms with E-state index in [0.29, 0.717) is 17.1 Å². The van der Waals surface area contributed by atoms with E-state index in [2.05, 4.69) is 5.32 Å². The first kappa shape index (κ1) is 13.4. The van der Waals surface area contributed by atoms with E-state index in [1.54, 1.807) is 24.3 Å². The molecule has 1 aliphatic rings. The van der Waals surface area contributed by atoms with Crippen molar-refractivity contribution in [2.24, 2.45) is 5.92 Å². The Hall–Kier alpha value is -1.07. The molecule has 18 heavy (non-hydrogen) atoms. The average molecular weight is 288 g/mol. The first-order valence-electron chi connectivity index (χ1n) is 5.70. The third-order valence-electron chi connectivity index (χ3n) is 2.93. The van der Waals surface area contributed by atoms with Gasteiger partial charge in [-0.1, -0.05) is 11.6 Å². The number of carbonyl (C=O) groups excluding carboxylic acids is 1. The van der Waals surface area contributed by atoms with Crippen molar-refractivity contribution in [1.82, 2.24) is 0 Å². The second-order valence-electron chi connectivity index (χ2n) is 4.53. The molecular formula is C12H14ClNO3S. The quantitative estimate of drug-likeness (QED) is 0.926. The van der Waals surface area contributed by atoms with E-state index in [1.807, 2.05) is 0 Å². The van der Waals surface area contributed by atoms with Gasteiger partial charge in [0, 0.05) is 17.1 Å². The molecular weight excluding hydrogens is 274 g/mol. The maximum atomic E-state index is 11.7. The molecule has 1 fully saturated rings. The molecule has 1 atom stereocenters. The molecule has 0 radical (unpaired) electrons. The van der Waals surface area contributed by atoms with Gasteiger partial charge in [0.2, 0.25) is 5.91 Å². The lowest BCUT2D eigenvalue weighted by molar-refractivity contribution is -0.116. The highest BCUT2D eigenvalue weighted by Crippen LogP contribution is 2.22. The number of benzene rings is 1. The summed E-state index contributed by atoms with van der Waals surface area (Å²) in [5.74, 6) is 0.120. The Morgan fingerprint density at radius 1 is 1.33 bits per heavy atom. The van der Waals surface area contributed by atoms with E-state index < -0.39 is 9.84 Å². The van der Waals surface area contributed by atoms with Gasteiger partial charge in [0.05, 0.1) is 11.5 Å². The number of halogens is 1. The fourth-order valence-electron chi connectivity index (χ4n) is 2.04. The maximum absolute atomic E-state index is 11.7. The predicted molar refractivity (Wildman–Crippen MR) is 71.5 cm³/mol. The van der Waals surface area contributed by atoms with Crippen LogP contribution in [0.2, 0.25) is 5.02 Å². The normalized spacial score (nSPS) is 21.7. The van der Waals surface area contributed by atoms with Crippen LogP contribution in [0.5, 0.6) is 0 Å². The summed E-state index contributed by atoms with van der Waals surface area (Å²) in [5.41, 5.74) is 0.672. The van der Waals surface area contributed by atoms with Gasteiger partial charge in [-0.15, -0.1) is 0 Å². The molecule has 1 N–H and O–H groups in total. The molecule has 0 spiro atoms. The van der Waals surface area contributed by atoms with Crippen LogP contribution in [0.3, 0.4) is 0 Å². The highest BCUT2D eigenvalue weighted by Gasteiger charge is 2.29. The molecule has 1 aromatic carbocycles. The Kier molecular flexibility index (Phi) is 3.92. The van der Waals surface area contributed by atoms with Gasteiger partial charge in [0.25, 0.3) is 0 Å². The monoisotopic (exact) mass is 287 g/mol. The number of hydrogen-bond acceptors (Lipinski definition) is 3. The maximum Gasteiger partial charge on any atom is 0.224 e. The van der Waals surface area contributed by atoms with Crippen LogP contribution < -0.4 is 5.32 Å². The number of nitrogens with one attached hydrogen (secondary N) is 1. The third kappa shape index (κ3) is 3.71. The van der Waals surface area contributed by atoms with Gasteiger partial charge in [-0.05, 0) is 36.6 Å². The highest BCUT2D eigenvalue weighted by molar-refractivity contribution is 7.91. The molecule has 0 saturated carbocycles. The second-order valence-corrected chi connectivity index (χ2v) is 7.19. The smallest absolute Gasteiger partial charge is 0.224 e. The summed E-state index contributed by atoms with van der Waals surface area (Å²) in [6.45, 7) is 0. The molecule has 1 amide bonds. The van der Waals surface area contributed by atoms with E-state index in [9.17, 15) is 13.2 Å². The second kappa shape index (κ2) is 5.28. The first-order valence-corrected chi connectivity index (χ1v) is 7.90. The molecule has 98 valence electrons. The standard InChI is InChI=1S/C12H14ClNO3S/c13-10-1-3-11(4-2-10)14-12(15)7-9-5-6-18(16,17)8-9/h1-4,9H,5-8H2,(H,14,15). The van der Waals surface area contributed by atoms with Crippen LogP contribution in [0.1, 0.15) is 12.8 Å². The van der Waals surface area contributed by atoms with Crippen molar-refractivity contribution in [2.45, 2.75) is 12.8 Å². The number of rotatable bonds is 3. The van der Waals surface area contributed by atoms with Crippen molar-refractivity contribution in [3.63, 3.8) is 0 Å². The van der Waals surface area contributed by atoms with Crippen molar-refractivity contribution in [3.8, 4) is 0 Å². The Morgan fingerprint density at radius 3 is 2.56 bits per heavy atom. The lowest BCUT2D eigenvalue weighted by Gasteiger charge is -2.08. The van der Waals surface area contributed by atoms with Crippen LogP contribution in [0.15, 0.2) is 24.3 Å². The molecule has 1 aromatic rings. The van der Waals surface area contributed by atoms with Crippen LogP contribution in [-0.2, 0) is 14.6 Å². The summed E-state index contributed by atoms with van der Waals surface area (Å²) in [5, 5.41) is 3.34. The Labute approximate surface area is 111 Å². The van der Waals surface area contributed by atoms with E-state index in [1.165, 1.54) is 0 Å². The van der Waals surface area contributed by atoms with Gasteiger partial charge in [-0.3, -0.25) is 4.79 Å². The van der Waals surface area contributed by atoms with Gasteiger partial charge in [0.15, 0.2) is 9.84 Å².